The average molecular weight is 802 g/mol. The van der Waals surface area contributed by atoms with Crippen LogP contribution in [-0.4, -0.2) is 0 Å². The van der Waals surface area contributed by atoms with E-state index in [-0.39, 0.29) is 0 Å². The van der Waals surface area contributed by atoms with Crippen molar-refractivity contribution in [3.63, 3.8) is 0 Å². The van der Waals surface area contributed by atoms with Crippen LogP contribution in [0.25, 0.3) is 77.6 Å². The third kappa shape index (κ3) is 5.25. The number of hydrogen-bond donors (Lipinski definition) is 0. The van der Waals surface area contributed by atoms with Crippen LogP contribution in [0.3, 0.4) is 0 Å². The maximum absolute atomic E-state index is 6.51. The van der Waals surface area contributed by atoms with Gasteiger partial charge in [-0.1, -0.05) is 200 Å². The molecular weight excluding hydrogens is 763 g/mol. The highest BCUT2D eigenvalue weighted by molar-refractivity contribution is 6.09. The molecule has 2 aliphatic rings. The number of hydrogen-bond acceptors (Lipinski definition) is 2. The van der Waals surface area contributed by atoms with Gasteiger partial charge in [0.1, 0.15) is 11.2 Å². The molecule has 0 fully saturated rings. The van der Waals surface area contributed by atoms with Crippen LogP contribution in [0.15, 0.2) is 241 Å². The van der Waals surface area contributed by atoms with Crippen LogP contribution in [0, 0.1) is 0 Å². The third-order valence-corrected chi connectivity index (χ3v) is 13.5. The Morgan fingerprint density at radius 2 is 0.778 bits per heavy atom. The molecule has 0 aliphatic heterocycles. The lowest BCUT2D eigenvalue weighted by molar-refractivity contribution is 0.670. The van der Waals surface area contributed by atoms with Gasteiger partial charge in [0, 0.05) is 33.3 Å². The number of para-hydroxylation sites is 3. The Morgan fingerprint density at radius 3 is 1.48 bits per heavy atom. The minimum atomic E-state index is -0.456. The van der Waals surface area contributed by atoms with E-state index in [0.29, 0.717) is 0 Å². The summed E-state index contributed by atoms with van der Waals surface area (Å²) >= 11 is 0. The first-order chi connectivity index (χ1) is 31.3. The molecule has 0 unspecified atom stereocenters. The van der Waals surface area contributed by atoms with E-state index >= 15 is 0 Å². The molecule has 0 radical (unpaired) electrons. The highest BCUT2D eigenvalue weighted by Crippen LogP contribution is 2.63. The van der Waals surface area contributed by atoms with Gasteiger partial charge in [0.05, 0.1) is 11.1 Å². The number of furan rings is 1. The van der Waals surface area contributed by atoms with E-state index in [2.05, 4.69) is 235 Å². The van der Waals surface area contributed by atoms with Gasteiger partial charge >= 0.3 is 0 Å². The lowest BCUT2D eigenvalue weighted by Crippen LogP contribution is -2.26. The van der Waals surface area contributed by atoms with Gasteiger partial charge in [0.15, 0.2) is 0 Å². The Balaban J connectivity index is 1.02. The largest absolute Gasteiger partial charge is 0.455 e. The molecule has 294 valence electrons. The molecule has 0 saturated carbocycles. The van der Waals surface area contributed by atoms with Gasteiger partial charge in [-0.25, -0.2) is 0 Å². The first-order valence-corrected chi connectivity index (χ1v) is 21.8. The number of fused-ring (bicyclic) bond motifs is 13. The molecule has 0 amide bonds. The molecule has 0 bridgehead atoms. The van der Waals surface area contributed by atoms with Gasteiger partial charge in [-0.05, 0) is 103 Å². The predicted molar refractivity (Wildman–Crippen MR) is 261 cm³/mol. The topological polar surface area (TPSA) is 16.4 Å². The predicted octanol–water partition coefficient (Wildman–Crippen LogP) is 16.4. The molecule has 11 aromatic rings. The van der Waals surface area contributed by atoms with Crippen LogP contribution in [0.1, 0.15) is 22.3 Å². The highest BCUT2D eigenvalue weighted by atomic mass is 16.3. The lowest BCUT2D eigenvalue weighted by Gasteiger charge is -2.32. The van der Waals surface area contributed by atoms with Crippen molar-refractivity contribution in [3.8, 4) is 55.6 Å². The number of nitrogens with zero attached hydrogens (tertiary/aromatic N) is 1. The minimum Gasteiger partial charge on any atom is -0.455 e. The summed E-state index contributed by atoms with van der Waals surface area (Å²) in [6.07, 6.45) is 0. The van der Waals surface area contributed by atoms with E-state index in [0.717, 1.165) is 61.3 Å². The second-order valence-electron chi connectivity index (χ2n) is 16.7. The van der Waals surface area contributed by atoms with Crippen LogP contribution in [0.2, 0.25) is 0 Å². The maximum Gasteiger partial charge on any atom is 0.143 e. The van der Waals surface area contributed by atoms with Gasteiger partial charge in [-0.2, -0.15) is 0 Å². The monoisotopic (exact) mass is 801 g/mol. The summed E-state index contributed by atoms with van der Waals surface area (Å²) in [5, 5.41) is 2.26. The van der Waals surface area contributed by atoms with Gasteiger partial charge in [0.2, 0.25) is 0 Å². The molecule has 2 nitrogen and oxygen atoms in total. The molecule has 1 aromatic heterocycles. The molecule has 1 spiro atoms. The molecule has 2 aliphatic carbocycles. The van der Waals surface area contributed by atoms with Crippen LogP contribution in [0.4, 0.5) is 17.1 Å². The van der Waals surface area contributed by atoms with Crippen molar-refractivity contribution in [2.75, 3.05) is 4.90 Å². The zero-order valence-electron chi connectivity index (χ0n) is 34.4. The molecule has 0 atom stereocenters. The number of benzene rings is 10. The zero-order valence-corrected chi connectivity index (χ0v) is 34.4. The third-order valence-electron chi connectivity index (χ3n) is 13.5. The van der Waals surface area contributed by atoms with E-state index in [1.807, 2.05) is 6.07 Å². The van der Waals surface area contributed by atoms with E-state index in [4.69, 9.17) is 4.42 Å². The van der Waals surface area contributed by atoms with Gasteiger partial charge < -0.3 is 9.32 Å². The van der Waals surface area contributed by atoms with Crippen molar-refractivity contribution in [1.82, 2.24) is 0 Å². The van der Waals surface area contributed by atoms with Crippen molar-refractivity contribution >= 4 is 39.0 Å². The van der Waals surface area contributed by atoms with Crippen molar-refractivity contribution in [2.24, 2.45) is 0 Å². The first kappa shape index (κ1) is 35.5. The fourth-order valence-electron chi connectivity index (χ4n) is 10.8. The SMILES string of the molecule is c1ccc(-c2ccc(-c3ccccc3N(c3ccc(-c4cccc5c4oc4ccccc45)cc3)c3ccc4c(c3)C3(c5ccccc5-c5ccccc53)c3ccccc3-4)cc2)cc1. The Hall–Kier alpha value is -8.20. The van der Waals surface area contributed by atoms with Crippen molar-refractivity contribution < 1.29 is 4.42 Å². The van der Waals surface area contributed by atoms with Crippen molar-refractivity contribution in [3.05, 3.63) is 259 Å². The molecule has 0 N–H and O–H groups in total. The van der Waals surface area contributed by atoms with Gasteiger partial charge in [0.25, 0.3) is 0 Å². The second kappa shape index (κ2) is 13.9. The minimum absolute atomic E-state index is 0.456. The van der Waals surface area contributed by atoms with E-state index in [1.54, 1.807) is 0 Å². The molecule has 63 heavy (non-hydrogen) atoms. The summed E-state index contributed by atoms with van der Waals surface area (Å²) in [7, 11) is 0. The highest BCUT2D eigenvalue weighted by Gasteiger charge is 2.51. The van der Waals surface area contributed by atoms with Crippen molar-refractivity contribution in [1.29, 1.82) is 0 Å². The lowest BCUT2D eigenvalue weighted by atomic mass is 9.70. The number of anilines is 3. The normalized spacial score (nSPS) is 12.9. The van der Waals surface area contributed by atoms with E-state index < -0.39 is 5.41 Å². The quantitative estimate of drug-likeness (QED) is 0.167. The summed E-state index contributed by atoms with van der Waals surface area (Å²) in [6, 6.07) is 86.5. The van der Waals surface area contributed by atoms with E-state index in [9.17, 15) is 0 Å². The Kier molecular flexibility index (Phi) is 7.85. The average Bonchev–Trinajstić information content (AvgIpc) is 3.99. The smallest absolute Gasteiger partial charge is 0.143 e. The van der Waals surface area contributed by atoms with Crippen LogP contribution in [-0.2, 0) is 5.41 Å². The number of rotatable bonds is 6. The second-order valence-corrected chi connectivity index (χ2v) is 16.7. The standard InChI is InChI=1S/C61H39NO/c1-2-15-40(16-3-1)41-29-31-42(32-30-41)46-17-7-12-27-58(46)62(44-35-33-43(34-36-44)47-22-14-23-53-52-21-8-13-28-59(52)63-60(47)53)45-37-38-51-50-20-6-11-26-56(50)61(57(51)39-45)54-24-9-4-18-48(54)49-19-5-10-25-55(49)61/h1-39H. The summed E-state index contributed by atoms with van der Waals surface area (Å²) < 4.78 is 6.51. The molecule has 2 heteroatoms. The summed E-state index contributed by atoms with van der Waals surface area (Å²) in [5.74, 6) is 0. The zero-order chi connectivity index (χ0) is 41.5. The molecule has 1 heterocycles. The molecule has 10 aromatic carbocycles. The van der Waals surface area contributed by atoms with Crippen LogP contribution >= 0.6 is 0 Å². The fourth-order valence-corrected chi connectivity index (χ4v) is 10.8. The Morgan fingerprint density at radius 1 is 0.302 bits per heavy atom. The van der Waals surface area contributed by atoms with Crippen LogP contribution in [0.5, 0.6) is 0 Å². The maximum atomic E-state index is 6.51. The van der Waals surface area contributed by atoms with Gasteiger partial charge in [-0.3, -0.25) is 0 Å². The Labute approximate surface area is 366 Å². The summed E-state index contributed by atoms with van der Waals surface area (Å²) in [6.45, 7) is 0. The molecule has 0 saturated heterocycles. The fraction of sp³-hybridized carbons (Fsp3) is 0.0164. The molecule has 13 rings (SSSR count). The van der Waals surface area contributed by atoms with Crippen LogP contribution < -0.4 is 4.90 Å². The summed E-state index contributed by atoms with van der Waals surface area (Å²) in [4.78, 5) is 2.45. The Bertz CT molecular complexity index is 3500. The summed E-state index contributed by atoms with van der Waals surface area (Å²) in [5.41, 5.74) is 22.0. The first-order valence-electron chi connectivity index (χ1n) is 21.8. The van der Waals surface area contributed by atoms with Gasteiger partial charge in [-0.15, -0.1) is 0 Å². The molecular formula is C61H39NO. The van der Waals surface area contributed by atoms with Crippen molar-refractivity contribution in [2.45, 2.75) is 5.41 Å². The van der Waals surface area contributed by atoms with E-state index in [1.165, 1.54) is 55.6 Å².